The summed E-state index contributed by atoms with van der Waals surface area (Å²) in [5.74, 6) is 0. The first-order valence-corrected chi connectivity index (χ1v) is 8.66. The van der Waals surface area contributed by atoms with Crippen molar-refractivity contribution in [3.8, 4) is 0 Å². The van der Waals surface area contributed by atoms with Gasteiger partial charge in [0.15, 0.2) is 0 Å². The first kappa shape index (κ1) is 15.6. The van der Waals surface area contributed by atoms with Gasteiger partial charge in [-0.05, 0) is 48.6 Å². The Morgan fingerprint density at radius 1 is 0.952 bits per heavy atom. The predicted octanol–water partition coefficient (Wildman–Crippen LogP) is 3.92. The Morgan fingerprint density at radius 3 is 2.19 bits per heavy atom. The van der Waals surface area contributed by atoms with Gasteiger partial charge in [-0.25, -0.2) is 8.42 Å². The molecule has 4 heteroatoms. The lowest BCUT2D eigenvalue weighted by Crippen LogP contribution is -2.15. The quantitative estimate of drug-likeness (QED) is 0.910. The van der Waals surface area contributed by atoms with E-state index < -0.39 is 10.0 Å². The van der Waals surface area contributed by atoms with E-state index in [0.29, 0.717) is 10.6 Å². The lowest BCUT2D eigenvalue weighted by molar-refractivity contribution is 0.601. The Morgan fingerprint density at radius 2 is 1.62 bits per heavy atom. The molecule has 0 saturated heterocycles. The number of anilines is 1. The van der Waals surface area contributed by atoms with Crippen LogP contribution in [0, 0.1) is 6.92 Å². The maximum absolute atomic E-state index is 12.5. The van der Waals surface area contributed by atoms with Gasteiger partial charge in [-0.2, -0.15) is 0 Å². The van der Waals surface area contributed by atoms with E-state index in [1.165, 1.54) is 0 Å². The number of hydrogen-bond acceptors (Lipinski definition) is 2. The van der Waals surface area contributed by atoms with Crippen LogP contribution in [0.3, 0.4) is 0 Å². The highest BCUT2D eigenvalue weighted by molar-refractivity contribution is 7.92. The van der Waals surface area contributed by atoms with Crippen LogP contribution in [0.4, 0.5) is 5.69 Å². The van der Waals surface area contributed by atoms with Crippen molar-refractivity contribution in [2.24, 2.45) is 0 Å². The van der Waals surface area contributed by atoms with Crippen LogP contribution in [0.15, 0.2) is 47.4 Å². The highest BCUT2D eigenvalue weighted by atomic mass is 32.2. The fourth-order valence-electron chi connectivity index (χ4n) is 2.27. The molecule has 0 heterocycles. The lowest BCUT2D eigenvalue weighted by atomic mass is 10.1. The van der Waals surface area contributed by atoms with Gasteiger partial charge < -0.3 is 0 Å². The second kappa shape index (κ2) is 6.31. The third kappa shape index (κ3) is 3.45. The smallest absolute Gasteiger partial charge is 0.261 e. The monoisotopic (exact) mass is 303 g/mol. The largest absolute Gasteiger partial charge is 0.279 e. The molecule has 3 nitrogen and oxygen atoms in total. The fraction of sp³-hybridized carbons (Fsp3) is 0.294. The van der Waals surface area contributed by atoms with Crippen molar-refractivity contribution < 1.29 is 8.42 Å². The summed E-state index contributed by atoms with van der Waals surface area (Å²) in [6.07, 6.45) is 1.68. The summed E-state index contributed by atoms with van der Waals surface area (Å²) in [6, 6.07) is 12.8. The summed E-state index contributed by atoms with van der Waals surface area (Å²) in [7, 11) is -3.54. The molecule has 0 aliphatic heterocycles. The third-order valence-corrected chi connectivity index (χ3v) is 4.98. The molecule has 2 aromatic rings. The second-order valence-electron chi connectivity index (χ2n) is 5.07. The number of nitrogens with one attached hydrogen (secondary N) is 1. The van der Waals surface area contributed by atoms with Crippen LogP contribution in [-0.4, -0.2) is 8.42 Å². The molecule has 0 amide bonds. The number of sulfonamides is 1. The van der Waals surface area contributed by atoms with Crippen LogP contribution >= 0.6 is 0 Å². The van der Waals surface area contributed by atoms with Gasteiger partial charge in [0.25, 0.3) is 10.0 Å². The van der Waals surface area contributed by atoms with Crippen LogP contribution in [0.2, 0.25) is 0 Å². The second-order valence-corrected chi connectivity index (χ2v) is 6.75. The Labute approximate surface area is 127 Å². The zero-order valence-electron chi connectivity index (χ0n) is 12.7. The van der Waals surface area contributed by atoms with Crippen molar-refractivity contribution in [2.45, 2.75) is 38.5 Å². The summed E-state index contributed by atoms with van der Waals surface area (Å²) >= 11 is 0. The van der Waals surface area contributed by atoms with E-state index in [9.17, 15) is 8.42 Å². The van der Waals surface area contributed by atoms with Crippen LogP contribution in [0.5, 0.6) is 0 Å². The Kier molecular flexibility index (Phi) is 4.68. The highest BCUT2D eigenvalue weighted by Crippen LogP contribution is 2.24. The molecule has 0 atom stereocenters. The molecule has 0 unspecified atom stereocenters. The van der Waals surface area contributed by atoms with E-state index in [1.807, 2.05) is 51.1 Å². The molecule has 21 heavy (non-hydrogen) atoms. The first-order chi connectivity index (χ1) is 9.97. The number of para-hydroxylation sites is 1. The van der Waals surface area contributed by atoms with Crippen LogP contribution in [0.1, 0.15) is 30.5 Å². The van der Waals surface area contributed by atoms with Gasteiger partial charge in [0.05, 0.1) is 10.6 Å². The van der Waals surface area contributed by atoms with E-state index in [4.69, 9.17) is 0 Å². The average molecular weight is 303 g/mol. The molecule has 2 rings (SSSR count). The summed E-state index contributed by atoms with van der Waals surface area (Å²) in [6.45, 7) is 5.97. The van der Waals surface area contributed by atoms with Crippen molar-refractivity contribution in [2.75, 3.05) is 4.72 Å². The van der Waals surface area contributed by atoms with E-state index in [2.05, 4.69) is 4.72 Å². The van der Waals surface area contributed by atoms with Gasteiger partial charge in [-0.15, -0.1) is 0 Å². The molecule has 2 aromatic carbocycles. The normalized spacial score (nSPS) is 11.4. The van der Waals surface area contributed by atoms with Gasteiger partial charge in [-0.3, -0.25) is 4.72 Å². The van der Waals surface area contributed by atoms with Crippen molar-refractivity contribution in [3.05, 3.63) is 59.2 Å². The summed E-state index contributed by atoms with van der Waals surface area (Å²) in [5, 5.41) is 0. The fourth-order valence-corrected chi connectivity index (χ4v) is 3.44. The molecule has 0 bridgehead atoms. The molecule has 0 aliphatic carbocycles. The topological polar surface area (TPSA) is 46.2 Å². The van der Waals surface area contributed by atoms with E-state index >= 15 is 0 Å². The van der Waals surface area contributed by atoms with E-state index in [1.54, 1.807) is 12.1 Å². The summed E-state index contributed by atoms with van der Waals surface area (Å²) in [4.78, 5) is 0.296. The minimum absolute atomic E-state index is 0.296. The molecular weight excluding hydrogens is 282 g/mol. The number of benzene rings is 2. The number of aryl methyl sites for hydroxylation is 3. The number of rotatable bonds is 5. The molecule has 0 aliphatic rings. The number of hydrogen-bond donors (Lipinski definition) is 1. The minimum atomic E-state index is -3.54. The molecule has 0 spiro atoms. The standard InChI is InChI=1S/C17H21NO2S/c1-4-14-9-11-16(12-10-14)21(19,20)18-17-13(3)7-6-8-15(17)5-2/h6-12,18H,4-5H2,1-3H3. The van der Waals surface area contributed by atoms with Crippen LogP contribution < -0.4 is 4.72 Å². The predicted molar refractivity (Wildman–Crippen MR) is 87.2 cm³/mol. The first-order valence-electron chi connectivity index (χ1n) is 7.18. The maximum atomic E-state index is 12.5. The SMILES string of the molecule is CCc1ccc(S(=O)(=O)Nc2c(C)cccc2CC)cc1. The zero-order valence-corrected chi connectivity index (χ0v) is 13.5. The molecule has 0 saturated carbocycles. The van der Waals surface area contributed by atoms with Crippen LogP contribution in [-0.2, 0) is 22.9 Å². The molecule has 1 N–H and O–H groups in total. The van der Waals surface area contributed by atoms with Crippen LogP contribution in [0.25, 0.3) is 0 Å². The average Bonchev–Trinajstić information content (AvgIpc) is 2.49. The van der Waals surface area contributed by atoms with E-state index in [-0.39, 0.29) is 0 Å². The summed E-state index contributed by atoms with van der Waals surface area (Å²) < 4.78 is 27.8. The summed E-state index contributed by atoms with van der Waals surface area (Å²) in [5.41, 5.74) is 3.76. The molecule has 112 valence electrons. The Balaban J connectivity index is 2.37. The van der Waals surface area contributed by atoms with Gasteiger partial charge in [-0.1, -0.05) is 44.2 Å². The molecule has 0 fully saturated rings. The maximum Gasteiger partial charge on any atom is 0.261 e. The Bertz CT molecular complexity index is 719. The van der Waals surface area contributed by atoms with Gasteiger partial charge in [0.2, 0.25) is 0 Å². The molecule has 0 radical (unpaired) electrons. The third-order valence-electron chi connectivity index (χ3n) is 3.62. The van der Waals surface area contributed by atoms with Crippen molar-refractivity contribution >= 4 is 15.7 Å². The van der Waals surface area contributed by atoms with Crippen molar-refractivity contribution in [1.29, 1.82) is 0 Å². The Hall–Kier alpha value is -1.81. The van der Waals surface area contributed by atoms with Gasteiger partial charge in [0.1, 0.15) is 0 Å². The van der Waals surface area contributed by atoms with Gasteiger partial charge >= 0.3 is 0 Å². The van der Waals surface area contributed by atoms with E-state index in [0.717, 1.165) is 29.5 Å². The highest BCUT2D eigenvalue weighted by Gasteiger charge is 2.16. The van der Waals surface area contributed by atoms with Crippen molar-refractivity contribution in [1.82, 2.24) is 0 Å². The zero-order chi connectivity index (χ0) is 15.5. The molecule has 0 aromatic heterocycles. The minimum Gasteiger partial charge on any atom is -0.279 e. The lowest BCUT2D eigenvalue weighted by Gasteiger charge is -2.14. The van der Waals surface area contributed by atoms with Gasteiger partial charge in [0, 0.05) is 0 Å². The molecular formula is C17H21NO2S. The van der Waals surface area contributed by atoms with Crippen molar-refractivity contribution in [3.63, 3.8) is 0 Å².